The monoisotopic (exact) mass is 373 g/mol. The molecule has 0 N–H and O–H groups in total. The summed E-state index contributed by atoms with van der Waals surface area (Å²) in [7, 11) is -2.47. The van der Waals surface area contributed by atoms with Crippen LogP contribution in [-0.4, -0.2) is 39.0 Å². The summed E-state index contributed by atoms with van der Waals surface area (Å²) < 4.78 is 68.6. The number of benzene rings is 1. The highest BCUT2D eigenvalue weighted by atomic mass is 79.9. The predicted molar refractivity (Wildman–Crippen MR) is 68.7 cm³/mol. The predicted octanol–water partition coefficient (Wildman–Crippen LogP) is 2.49. The normalized spacial score (nSPS) is 18.1. The summed E-state index contributed by atoms with van der Waals surface area (Å²) in [5, 5.41) is 0. The lowest BCUT2D eigenvalue weighted by molar-refractivity contribution is -0.137. The first-order chi connectivity index (χ1) is 9.14. The van der Waals surface area contributed by atoms with Crippen LogP contribution < -0.4 is 0 Å². The van der Waals surface area contributed by atoms with Gasteiger partial charge in [0.05, 0.1) is 16.6 Å². The van der Waals surface area contributed by atoms with E-state index in [1.165, 1.54) is 7.11 Å². The van der Waals surface area contributed by atoms with Gasteiger partial charge < -0.3 is 4.74 Å². The molecule has 0 bridgehead atoms. The van der Waals surface area contributed by atoms with E-state index in [4.69, 9.17) is 4.74 Å². The van der Waals surface area contributed by atoms with Crippen LogP contribution in [0.25, 0.3) is 0 Å². The van der Waals surface area contributed by atoms with E-state index in [1.807, 2.05) is 0 Å². The zero-order chi connectivity index (χ0) is 15.1. The number of nitrogens with zero attached hydrogens (tertiary/aromatic N) is 1. The molecule has 112 valence electrons. The number of hydrogen-bond donors (Lipinski definition) is 0. The molecule has 4 nitrogen and oxygen atoms in total. The van der Waals surface area contributed by atoms with E-state index < -0.39 is 21.8 Å². The van der Waals surface area contributed by atoms with Gasteiger partial charge in [0.15, 0.2) is 0 Å². The van der Waals surface area contributed by atoms with Crippen LogP contribution >= 0.6 is 15.9 Å². The van der Waals surface area contributed by atoms with Gasteiger partial charge in [0.25, 0.3) is 0 Å². The standard InChI is InChI=1S/C11H11BrF3NO3S/c1-19-9-5-16(6-9)20(17,18)10-3-7(11(13,14)15)2-8(12)4-10/h2-4,9H,5-6H2,1H3. The Labute approximate surface area is 122 Å². The van der Waals surface area contributed by atoms with Gasteiger partial charge in [-0.3, -0.25) is 0 Å². The smallest absolute Gasteiger partial charge is 0.379 e. The summed E-state index contributed by atoms with van der Waals surface area (Å²) in [4.78, 5) is -0.381. The van der Waals surface area contributed by atoms with Gasteiger partial charge in [-0.25, -0.2) is 8.42 Å². The number of hydrogen-bond acceptors (Lipinski definition) is 3. The van der Waals surface area contributed by atoms with Crippen LogP contribution in [0.3, 0.4) is 0 Å². The van der Waals surface area contributed by atoms with Gasteiger partial charge in [0, 0.05) is 24.7 Å². The van der Waals surface area contributed by atoms with Crippen LogP contribution in [0.4, 0.5) is 13.2 Å². The average Bonchev–Trinajstić information content (AvgIpc) is 2.25. The molecule has 0 saturated carbocycles. The summed E-state index contributed by atoms with van der Waals surface area (Å²) in [6.45, 7) is 0.291. The Morgan fingerprint density at radius 1 is 1.30 bits per heavy atom. The molecule has 0 aromatic heterocycles. The Hall–Kier alpha value is -0.640. The van der Waals surface area contributed by atoms with Crippen molar-refractivity contribution in [3.05, 3.63) is 28.2 Å². The molecule has 0 spiro atoms. The fourth-order valence-electron chi connectivity index (χ4n) is 1.77. The Morgan fingerprint density at radius 2 is 1.90 bits per heavy atom. The van der Waals surface area contributed by atoms with Gasteiger partial charge in [-0.05, 0) is 18.2 Å². The fourth-order valence-corrected chi connectivity index (χ4v) is 3.99. The first-order valence-electron chi connectivity index (χ1n) is 5.55. The molecule has 20 heavy (non-hydrogen) atoms. The van der Waals surface area contributed by atoms with Crippen LogP contribution in [0.5, 0.6) is 0 Å². The van der Waals surface area contributed by atoms with Crippen molar-refractivity contribution in [2.75, 3.05) is 20.2 Å². The molecular weight excluding hydrogens is 363 g/mol. The lowest BCUT2D eigenvalue weighted by Gasteiger charge is -2.36. The molecular formula is C11H11BrF3NO3S. The Balaban J connectivity index is 2.36. The minimum atomic E-state index is -4.60. The summed E-state index contributed by atoms with van der Waals surface area (Å²) in [6.07, 6.45) is -4.81. The van der Waals surface area contributed by atoms with Crippen LogP contribution in [0.2, 0.25) is 0 Å². The van der Waals surface area contributed by atoms with Gasteiger partial charge >= 0.3 is 6.18 Å². The summed E-state index contributed by atoms with van der Waals surface area (Å²) >= 11 is 2.90. The van der Waals surface area contributed by atoms with E-state index in [-0.39, 0.29) is 28.6 Å². The summed E-state index contributed by atoms with van der Waals surface area (Å²) in [5.74, 6) is 0. The molecule has 0 radical (unpaired) electrons. The molecule has 1 aromatic rings. The minimum Gasteiger partial charge on any atom is -0.379 e. The van der Waals surface area contributed by atoms with Crippen LogP contribution in [0, 0.1) is 0 Å². The molecule has 1 aromatic carbocycles. The lowest BCUT2D eigenvalue weighted by atomic mass is 10.2. The van der Waals surface area contributed by atoms with Gasteiger partial charge in [0.1, 0.15) is 0 Å². The van der Waals surface area contributed by atoms with Crippen molar-refractivity contribution in [2.45, 2.75) is 17.2 Å². The van der Waals surface area contributed by atoms with E-state index in [0.29, 0.717) is 6.07 Å². The van der Waals surface area contributed by atoms with Crippen molar-refractivity contribution in [1.82, 2.24) is 4.31 Å². The Bertz CT molecular complexity index is 612. The van der Waals surface area contributed by atoms with Gasteiger partial charge in [-0.2, -0.15) is 17.5 Å². The minimum absolute atomic E-state index is 0.0646. The Morgan fingerprint density at radius 3 is 2.40 bits per heavy atom. The summed E-state index contributed by atoms with van der Waals surface area (Å²) in [5.41, 5.74) is -1.01. The van der Waals surface area contributed by atoms with Crippen LogP contribution in [0.1, 0.15) is 5.56 Å². The molecule has 1 aliphatic rings. The van der Waals surface area contributed by atoms with Crippen molar-refractivity contribution >= 4 is 26.0 Å². The van der Waals surface area contributed by atoms with Crippen molar-refractivity contribution in [3.8, 4) is 0 Å². The lowest BCUT2D eigenvalue weighted by Crippen LogP contribution is -2.54. The third kappa shape index (κ3) is 3.00. The van der Waals surface area contributed by atoms with Crippen LogP contribution in [0.15, 0.2) is 27.6 Å². The topological polar surface area (TPSA) is 46.6 Å². The first kappa shape index (κ1) is 15.7. The average molecular weight is 374 g/mol. The van der Waals surface area contributed by atoms with E-state index in [1.54, 1.807) is 0 Å². The number of alkyl halides is 3. The second-order valence-corrected chi connectivity index (χ2v) is 7.21. The molecule has 0 aliphatic carbocycles. The molecule has 9 heteroatoms. The largest absolute Gasteiger partial charge is 0.416 e. The highest BCUT2D eigenvalue weighted by molar-refractivity contribution is 9.10. The first-order valence-corrected chi connectivity index (χ1v) is 7.78. The van der Waals surface area contributed by atoms with E-state index >= 15 is 0 Å². The summed E-state index contributed by atoms with van der Waals surface area (Å²) in [6, 6.07) is 2.64. The number of ether oxygens (including phenoxy) is 1. The SMILES string of the molecule is COC1CN(S(=O)(=O)c2cc(Br)cc(C(F)(F)F)c2)C1. The molecule has 0 unspecified atom stereocenters. The van der Waals surface area contributed by atoms with E-state index in [0.717, 1.165) is 16.4 Å². The second kappa shape index (κ2) is 5.28. The zero-order valence-electron chi connectivity index (χ0n) is 10.3. The van der Waals surface area contributed by atoms with Crippen molar-refractivity contribution in [1.29, 1.82) is 0 Å². The van der Waals surface area contributed by atoms with Gasteiger partial charge in [-0.1, -0.05) is 15.9 Å². The third-order valence-corrected chi connectivity index (χ3v) is 5.25. The van der Waals surface area contributed by atoms with Crippen molar-refractivity contribution in [2.24, 2.45) is 0 Å². The van der Waals surface area contributed by atoms with Crippen molar-refractivity contribution < 1.29 is 26.3 Å². The second-order valence-electron chi connectivity index (χ2n) is 4.35. The number of sulfonamides is 1. The van der Waals surface area contributed by atoms with E-state index in [2.05, 4.69) is 15.9 Å². The molecule has 1 saturated heterocycles. The van der Waals surface area contributed by atoms with Crippen molar-refractivity contribution in [3.63, 3.8) is 0 Å². The zero-order valence-corrected chi connectivity index (χ0v) is 12.7. The molecule has 1 aliphatic heterocycles. The number of halogens is 4. The Kier molecular flexibility index (Phi) is 4.16. The molecule has 1 fully saturated rings. The van der Waals surface area contributed by atoms with E-state index in [9.17, 15) is 21.6 Å². The highest BCUT2D eigenvalue weighted by Gasteiger charge is 2.38. The number of rotatable bonds is 3. The maximum atomic E-state index is 12.7. The highest BCUT2D eigenvalue weighted by Crippen LogP contribution is 2.34. The van der Waals surface area contributed by atoms with Gasteiger partial charge in [-0.15, -0.1) is 0 Å². The fraction of sp³-hybridized carbons (Fsp3) is 0.455. The van der Waals surface area contributed by atoms with Crippen LogP contribution in [-0.2, 0) is 20.9 Å². The molecule has 0 atom stereocenters. The van der Waals surface area contributed by atoms with Gasteiger partial charge in [0.2, 0.25) is 10.0 Å². The quantitative estimate of drug-likeness (QED) is 0.817. The maximum absolute atomic E-state index is 12.7. The molecule has 2 rings (SSSR count). The maximum Gasteiger partial charge on any atom is 0.416 e. The third-order valence-electron chi connectivity index (χ3n) is 2.98. The molecule has 1 heterocycles. The number of methoxy groups -OCH3 is 1. The molecule has 0 amide bonds.